The van der Waals surface area contributed by atoms with Gasteiger partial charge in [0.25, 0.3) is 0 Å². The Labute approximate surface area is 151 Å². The maximum Gasteiger partial charge on any atom is 0.416 e. The first-order valence-electron chi connectivity index (χ1n) is 7.48. The summed E-state index contributed by atoms with van der Waals surface area (Å²) >= 11 is 1.34. The topological polar surface area (TPSA) is 54.7 Å². The first kappa shape index (κ1) is 17.9. The third-order valence-electron chi connectivity index (χ3n) is 3.48. The van der Waals surface area contributed by atoms with E-state index < -0.39 is 11.7 Å². The minimum Gasteiger partial charge on any atom is -0.487 e. The van der Waals surface area contributed by atoms with E-state index in [-0.39, 0.29) is 6.61 Å². The summed E-state index contributed by atoms with van der Waals surface area (Å²) in [6.07, 6.45) is -3.04. The molecule has 0 amide bonds. The zero-order chi connectivity index (χ0) is 18.6. The van der Waals surface area contributed by atoms with Crippen LogP contribution in [0.3, 0.4) is 0 Å². The molecule has 1 aromatic heterocycles. The number of rotatable bonds is 5. The van der Waals surface area contributed by atoms with Gasteiger partial charge in [0.15, 0.2) is 0 Å². The number of aromatic nitrogens is 1. The lowest BCUT2D eigenvalue weighted by Crippen LogP contribution is -2.03. The second-order valence-electron chi connectivity index (χ2n) is 5.32. The van der Waals surface area contributed by atoms with E-state index in [1.165, 1.54) is 29.7 Å². The molecule has 0 atom stereocenters. The molecule has 0 aliphatic carbocycles. The fraction of sp³-hybridized carbons (Fsp3) is 0.111. The number of halogens is 3. The number of nitrogens with zero attached hydrogens (tertiary/aromatic N) is 2. The van der Waals surface area contributed by atoms with Crippen LogP contribution in [0.1, 0.15) is 16.8 Å². The summed E-state index contributed by atoms with van der Waals surface area (Å²) in [5.41, 5.74) is 1.36. The quantitative estimate of drug-likeness (QED) is 0.376. The second-order valence-corrected chi connectivity index (χ2v) is 6.18. The Morgan fingerprint density at radius 1 is 1.08 bits per heavy atom. The third kappa shape index (κ3) is 4.40. The highest BCUT2D eigenvalue weighted by atomic mass is 32.1. The van der Waals surface area contributed by atoms with Crippen molar-refractivity contribution in [3.05, 3.63) is 70.7 Å². The molecule has 0 saturated heterocycles. The molecule has 0 aliphatic heterocycles. The van der Waals surface area contributed by atoms with Crippen LogP contribution in [0.15, 0.2) is 59.1 Å². The summed E-state index contributed by atoms with van der Waals surface area (Å²) in [5.74, 6) is 0.629. The number of hydrogen-bond donors (Lipinski definition) is 1. The zero-order valence-electron chi connectivity index (χ0n) is 13.3. The Morgan fingerprint density at radius 2 is 1.77 bits per heavy atom. The Hall–Kier alpha value is -2.87. The lowest BCUT2D eigenvalue weighted by molar-refractivity contribution is -0.137. The molecule has 3 aromatic rings. The molecule has 0 fully saturated rings. The van der Waals surface area contributed by atoms with Crippen molar-refractivity contribution in [2.24, 2.45) is 5.16 Å². The van der Waals surface area contributed by atoms with Gasteiger partial charge >= 0.3 is 6.18 Å². The number of ether oxygens (including phenoxy) is 1. The lowest BCUT2D eigenvalue weighted by atomic mass is 10.1. The van der Waals surface area contributed by atoms with Gasteiger partial charge in [-0.3, -0.25) is 0 Å². The highest BCUT2D eigenvalue weighted by molar-refractivity contribution is 7.13. The SMILES string of the molecule is ON=Cc1ccc(OCc2csc(-c3ccc(C(F)(F)F)cc3)n2)cc1. The van der Waals surface area contributed by atoms with Crippen molar-refractivity contribution < 1.29 is 23.1 Å². The zero-order valence-corrected chi connectivity index (χ0v) is 14.1. The highest BCUT2D eigenvalue weighted by Crippen LogP contribution is 2.31. The predicted molar refractivity (Wildman–Crippen MR) is 92.7 cm³/mol. The normalized spacial score (nSPS) is 11.8. The van der Waals surface area contributed by atoms with E-state index in [9.17, 15) is 13.2 Å². The van der Waals surface area contributed by atoms with Gasteiger partial charge in [0.2, 0.25) is 0 Å². The van der Waals surface area contributed by atoms with E-state index in [4.69, 9.17) is 9.94 Å². The van der Waals surface area contributed by atoms with Gasteiger partial charge in [0, 0.05) is 10.9 Å². The average molecular weight is 378 g/mol. The van der Waals surface area contributed by atoms with E-state index in [1.807, 2.05) is 0 Å². The van der Waals surface area contributed by atoms with E-state index in [0.29, 0.717) is 22.0 Å². The number of thiazole rings is 1. The third-order valence-corrected chi connectivity index (χ3v) is 4.42. The first-order chi connectivity index (χ1) is 12.5. The van der Waals surface area contributed by atoms with Crippen LogP contribution >= 0.6 is 11.3 Å². The Balaban J connectivity index is 1.64. The van der Waals surface area contributed by atoms with Crippen molar-refractivity contribution in [2.45, 2.75) is 12.8 Å². The largest absolute Gasteiger partial charge is 0.487 e. The van der Waals surface area contributed by atoms with Crippen LogP contribution in [0, 0.1) is 0 Å². The molecule has 0 saturated carbocycles. The Morgan fingerprint density at radius 3 is 2.38 bits per heavy atom. The number of hydrogen-bond acceptors (Lipinski definition) is 5. The lowest BCUT2D eigenvalue weighted by Gasteiger charge is -2.06. The average Bonchev–Trinajstić information content (AvgIpc) is 3.10. The van der Waals surface area contributed by atoms with Crippen molar-refractivity contribution in [1.82, 2.24) is 4.98 Å². The summed E-state index contributed by atoms with van der Waals surface area (Å²) in [4.78, 5) is 4.39. The molecule has 134 valence electrons. The maximum atomic E-state index is 12.6. The van der Waals surface area contributed by atoms with Crippen LogP contribution in [-0.4, -0.2) is 16.4 Å². The van der Waals surface area contributed by atoms with Crippen LogP contribution in [0.25, 0.3) is 10.6 Å². The molecule has 0 bridgehead atoms. The van der Waals surface area contributed by atoms with Crippen LogP contribution < -0.4 is 4.74 Å². The van der Waals surface area contributed by atoms with E-state index in [0.717, 1.165) is 17.7 Å². The summed E-state index contributed by atoms with van der Waals surface area (Å²) in [7, 11) is 0. The predicted octanol–water partition coefficient (Wildman–Crippen LogP) is 5.22. The molecule has 0 unspecified atom stereocenters. The van der Waals surface area contributed by atoms with Crippen molar-refractivity contribution >= 4 is 17.6 Å². The van der Waals surface area contributed by atoms with Crippen LogP contribution in [0.4, 0.5) is 13.2 Å². The van der Waals surface area contributed by atoms with E-state index in [2.05, 4.69) is 10.1 Å². The van der Waals surface area contributed by atoms with E-state index in [1.54, 1.807) is 29.6 Å². The smallest absolute Gasteiger partial charge is 0.416 e. The summed E-state index contributed by atoms with van der Waals surface area (Å²) in [6.45, 7) is 0.241. The van der Waals surface area contributed by atoms with Gasteiger partial charge in [-0.15, -0.1) is 11.3 Å². The molecule has 3 rings (SSSR count). The fourth-order valence-electron chi connectivity index (χ4n) is 2.18. The Bertz CT molecular complexity index is 888. The van der Waals surface area contributed by atoms with Gasteiger partial charge in [0.05, 0.1) is 17.5 Å². The molecule has 0 radical (unpaired) electrons. The molecule has 2 aromatic carbocycles. The Kier molecular flexibility index (Phi) is 5.22. The molecular formula is C18H13F3N2O2S. The van der Waals surface area contributed by atoms with Gasteiger partial charge in [-0.25, -0.2) is 4.98 Å². The van der Waals surface area contributed by atoms with Gasteiger partial charge in [-0.1, -0.05) is 17.3 Å². The molecule has 0 aliphatic rings. The first-order valence-corrected chi connectivity index (χ1v) is 8.36. The second kappa shape index (κ2) is 7.57. The maximum absolute atomic E-state index is 12.6. The molecule has 1 heterocycles. The fourth-order valence-corrected chi connectivity index (χ4v) is 2.99. The van der Waals surface area contributed by atoms with E-state index >= 15 is 0 Å². The van der Waals surface area contributed by atoms with Crippen LogP contribution in [-0.2, 0) is 12.8 Å². The van der Waals surface area contributed by atoms with Gasteiger partial charge in [0.1, 0.15) is 17.4 Å². The molecule has 0 spiro atoms. The van der Waals surface area contributed by atoms with Crippen molar-refractivity contribution in [3.63, 3.8) is 0 Å². The summed E-state index contributed by atoms with van der Waals surface area (Å²) in [5, 5.41) is 13.8. The number of oxime groups is 1. The monoisotopic (exact) mass is 378 g/mol. The van der Waals surface area contributed by atoms with Crippen molar-refractivity contribution in [2.75, 3.05) is 0 Å². The van der Waals surface area contributed by atoms with Crippen molar-refractivity contribution in [1.29, 1.82) is 0 Å². The van der Waals surface area contributed by atoms with Crippen molar-refractivity contribution in [3.8, 4) is 16.3 Å². The minimum atomic E-state index is -4.35. The number of benzene rings is 2. The molecule has 26 heavy (non-hydrogen) atoms. The van der Waals surface area contributed by atoms with Gasteiger partial charge < -0.3 is 9.94 Å². The molecule has 8 heteroatoms. The number of alkyl halides is 3. The van der Waals surface area contributed by atoms with Crippen LogP contribution in [0.5, 0.6) is 5.75 Å². The standard InChI is InChI=1S/C18H13F3N2O2S/c19-18(20,21)14-5-3-13(4-6-14)17-23-15(11-26-17)10-25-16-7-1-12(2-8-16)9-22-24/h1-9,11,24H,10H2. The van der Waals surface area contributed by atoms with Gasteiger partial charge in [-0.05, 0) is 42.0 Å². The molecular weight excluding hydrogens is 365 g/mol. The highest BCUT2D eigenvalue weighted by Gasteiger charge is 2.30. The molecule has 1 N–H and O–H groups in total. The summed E-state index contributed by atoms with van der Waals surface area (Å²) in [6, 6.07) is 11.9. The molecule has 4 nitrogen and oxygen atoms in total. The minimum absolute atomic E-state index is 0.241. The summed E-state index contributed by atoms with van der Waals surface area (Å²) < 4.78 is 43.4. The van der Waals surface area contributed by atoms with Crippen LogP contribution in [0.2, 0.25) is 0 Å². The van der Waals surface area contributed by atoms with Gasteiger partial charge in [-0.2, -0.15) is 13.2 Å².